The molecule has 0 N–H and O–H groups in total. The van der Waals surface area contributed by atoms with Gasteiger partial charge in [0.05, 0.1) is 6.04 Å². The molecule has 19 heavy (non-hydrogen) atoms. The van der Waals surface area contributed by atoms with E-state index >= 15 is 0 Å². The van der Waals surface area contributed by atoms with E-state index in [4.69, 9.17) is 0 Å². The van der Waals surface area contributed by atoms with E-state index in [1.54, 1.807) is 4.90 Å². The van der Waals surface area contributed by atoms with Crippen LogP contribution in [-0.2, 0) is 4.79 Å². The SMILES string of the molecule is O=C1CCC[C@H]2CC[C@@H](C3=CC(F)(F)CC=C3F)N12. The number of rotatable bonds is 1. The Labute approximate surface area is 110 Å². The molecule has 2 aliphatic heterocycles. The fourth-order valence-corrected chi connectivity index (χ4v) is 3.42. The molecule has 0 aromatic rings. The van der Waals surface area contributed by atoms with Crippen molar-refractivity contribution in [2.75, 3.05) is 0 Å². The molecule has 2 saturated heterocycles. The second-order valence-electron chi connectivity index (χ2n) is 5.56. The summed E-state index contributed by atoms with van der Waals surface area (Å²) in [6.45, 7) is 0. The van der Waals surface area contributed by atoms with Gasteiger partial charge in [-0.25, -0.2) is 13.2 Å². The van der Waals surface area contributed by atoms with E-state index in [0.717, 1.165) is 31.4 Å². The van der Waals surface area contributed by atoms with Gasteiger partial charge in [-0.05, 0) is 37.8 Å². The number of amides is 1. The van der Waals surface area contributed by atoms with Gasteiger partial charge < -0.3 is 4.90 Å². The van der Waals surface area contributed by atoms with Crippen molar-refractivity contribution in [3.8, 4) is 0 Å². The molecule has 0 aromatic heterocycles. The predicted octanol–water partition coefficient (Wildman–Crippen LogP) is 3.35. The number of carbonyl (C=O) groups excluding carboxylic acids is 1. The lowest BCUT2D eigenvalue weighted by Gasteiger charge is -2.36. The predicted molar refractivity (Wildman–Crippen MR) is 64.3 cm³/mol. The van der Waals surface area contributed by atoms with Gasteiger partial charge in [-0.1, -0.05) is 0 Å². The lowest BCUT2D eigenvalue weighted by atomic mass is 9.95. The Balaban J connectivity index is 1.91. The van der Waals surface area contributed by atoms with Crippen molar-refractivity contribution in [1.82, 2.24) is 4.90 Å². The first-order chi connectivity index (χ1) is 8.98. The van der Waals surface area contributed by atoms with Crippen LogP contribution >= 0.6 is 0 Å². The first-order valence-corrected chi connectivity index (χ1v) is 6.76. The summed E-state index contributed by atoms with van der Waals surface area (Å²) in [4.78, 5) is 13.6. The summed E-state index contributed by atoms with van der Waals surface area (Å²) in [5, 5.41) is 0. The molecular formula is C14H16F3NO. The van der Waals surface area contributed by atoms with Crippen LogP contribution in [0.1, 0.15) is 38.5 Å². The van der Waals surface area contributed by atoms with Gasteiger partial charge in [-0.2, -0.15) is 0 Å². The highest BCUT2D eigenvalue weighted by molar-refractivity contribution is 5.78. The molecule has 1 amide bonds. The molecule has 2 atom stereocenters. The summed E-state index contributed by atoms with van der Waals surface area (Å²) in [6, 6.07) is -0.393. The molecule has 2 nitrogen and oxygen atoms in total. The number of carbonyl (C=O) groups is 1. The first-order valence-electron chi connectivity index (χ1n) is 6.76. The van der Waals surface area contributed by atoms with E-state index in [9.17, 15) is 18.0 Å². The lowest BCUT2D eigenvalue weighted by molar-refractivity contribution is -0.136. The molecule has 0 unspecified atom stereocenters. The molecule has 0 radical (unpaired) electrons. The molecule has 3 rings (SSSR count). The Morgan fingerprint density at radius 1 is 1.26 bits per heavy atom. The van der Waals surface area contributed by atoms with E-state index in [0.29, 0.717) is 12.8 Å². The Kier molecular flexibility index (Phi) is 2.95. The average Bonchev–Trinajstić information content (AvgIpc) is 2.78. The number of allylic oxidation sites excluding steroid dienone is 2. The number of alkyl halides is 2. The largest absolute Gasteiger partial charge is 0.333 e. The van der Waals surface area contributed by atoms with Gasteiger partial charge in [0.25, 0.3) is 5.92 Å². The number of hydrogen-bond donors (Lipinski definition) is 0. The third kappa shape index (κ3) is 2.19. The van der Waals surface area contributed by atoms with E-state index in [1.165, 1.54) is 0 Å². The summed E-state index contributed by atoms with van der Waals surface area (Å²) in [5.41, 5.74) is 0.00833. The summed E-state index contributed by atoms with van der Waals surface area (Å²) < 4.78 is 40.7. The third-order valence-corrected chi connectivity index (χ3v) is 4.27. The number of nitrogens with zero attached hydrogens (tertiary/aromatic N) is 1. The maximum Gasteiger partial charge on any atom is 0.270 e. The minimum Gasteiger partial charge on any atom is -0.333 e. The van der Waals surface area contributed by atoms with Crippen molar-refractivity contribution in [1.29, 1.82) is 0 Å². The van der Waals surface area contributed by atoms with E-state index in [1.807, 2.05) is 0 Å². The zero-order valence-corrected chi connectivity index (χ0v) is 10.5. The van der Waals surface area contributed by atoms with Crippen molar-refractivity contribution in [3.63, 3.8) is 0 Å². The standard InChI is InChI=1S/C14H16F3NO/c15-11-6-7-14(16,17)8-10(11)12-5-4-9-2-1-3-13(19)18(9)12/h6,8-9,12H,1-5,7H2/t9-,12-/m0/s1. The molecule has 5 heteroatoms. The molecule has 2 fully saturated rings. The van der Waals surface area contributed by atoms with E-state index in [-0.39, 0.29) is 17.5 Å². The van der Waals surface area contributed by atoms with Crippen LogP contribution in [0.15, 0.2) is 23.6 Å². The zero-order chi connectivity index (χ0) is 13.6. The molecule has 3 aliphatic rings. The van der Waals surface area contributed by atoms with Crippen LogP contribution < -0.4 is 0 Å². The van der Waals surface area contributed by atoms with Crippen molar-refractivity contribution in [2.45, 2.75) is 56.5 Å². The quantitative estimate of drug-likeness (QED) is 0.716. The van der Waals surface area contributed by atoms with Crippen molar-refractivity contribution in [3.05, 3.63) is 23.6 Å². The zero-order valence-electron chi connectivity index (χ0n) is 10.5. The highest BCUT2D eigenvalue weighted by atomic mass is 19.3. The van der Waals surface area contributed by atoms with Crippen LogP contribution in [0, 0.1) is 0 Å². The smallest absolute Gasteiger partial charge is 0.270 e. The van der Waals surface area contributed by atoms with Crippen LogP contribution in [0.4, 0.5) is 13.2 Å². The van der Waals surface area contributed by atoms with Crippen LogP contribution in [0.2, 0.25) is 0 Å². The lowest BCUT2D eigenvalue weighted by Crippen LogP contribution is -2.45. The van der Waals surface area contributed by atoms with Gasteiger partial charge >= 0.3 is 0 Å². The average molecular weight is 271 g/mol. The molecule has 0 aromatic carbocycles. The first kappa shape index (κ1) is 12.8. The molecule has 1 aliphatic carbocycles. The molecule has 104 valence electrons. The Morgan fingerprint density at radius 3 is 2.84 bits per heavy atom. The normalized spacial score (nSPS) is 33.8. The minimum absolute atomic E-state index is 0.00833. The van der Waals surface area contributed by atoms with Gasteiger partial charge in [0, 0.05) is 24.5 Å². The number of hydrogen-bond acceptors (Lipinski definition) is 1. The van der Waals surface area contributed by atoms with Crippen LogP contribution in [0.3, 0.4) is 0 Å². The second-order valence-corrected chi connectivity index (χ2v) is 5.56. The second kappa shape index (κ2) is 4.39. The monoisotopic (exact) mass is 271 g/mol. The van der Waals surface area contributed by atoms with Crippen molar-refractivity contribution in [2.24, 2.45) is 0 Å². The van der Waals surface area contributed by atoms with Gasteiger partial charge in [0.15, 0.2) is 0 Å². The van der Waals surface area contributed by atoms with Gasteiger partial charge in [-0.15, -0.1) is 0 Å². The molecule has 2 heterocycles. The fraction of sp³-hybridized carbons (Fsp3) is 0.643. The van der Waals surface area contributed by atoms with E-state index < -0.39 is 24.2 Å². The van der Waals surface area contributed by atoms with Crippen LogP contribution in [0.5, 0.6) is 0 Å². The summed E-state index contributed by atoms with van der Waals surface area (Å²) >= 11 is 0. The number of fused-ring (bicyclic) bond motifs is 1. The van der Waals surface area contributed by atoms with Gasteiger partial charge in [0.1, 0.15) is 5.83 Å². The van der Waals surface area contributed by atoms with Crippen molar-refractivity contribution < 1.29 is 18.0 Å². The highest BCUT2D eigenvalue weighted by Crippen LogP contribution is 2.41. The molecule has 0 bridgehead atoms. The Bertz CT molecular complexity index is 469. The number of piperidine rings is 1. The topological polar surface area (TPSA) is 20.3 Å². The van der Waals surface area contributed by atoms with Crippen LogP contribution in [-0.4, -0.2) is 28.8 Å². The maximum atomic E-state index is 13.9. The summed E-state index contributed by atoms with van der Waals surface area (Å²) in [7, 11) is 0. The molecule has 0 saturated carbocycles. The third-order valence-electron chi connectivity index (χ3n) is 4.27. The summed E-state index contributed by atoms with van der Waals surface area (Å²) in [6.07, 6.45) is 4.63. The molecular weight excluding hydrogens is 255 g/mol. The van der Waals surface area contributed by atoms with Gasteiger partial charge in [-0.3, -0.25) is 4.79 Å². The maximum absolute atomic E-state index is 13.9. The summed E-state index contributed by atoms with van der Waals surface area (Å²) in [5.74, 6) is -3.61. The van der Waals surface area contributed by atoms with Crippen LogP contribution in [0.25, 0.3) is 0 Å². The van der Waals surface area contributed by atoms with Gasteiger partial charge in [0.2, 0.25) is 5.91 Å². The van der Waals surface area contributed by atoms with E-state index in [2.05, 4.69) is 0 Å². The Morgan fingerprint density at radius 2 is 2.05 bits per heavy atom. The highest BCUT2D eigenvalue weighted by Gasteiger charge is 2.43. The molecule has 0 spiro atoms. The fourth-order valence-electron chi connectivity index (χ4n) is 3.42. The minimum atomic E-state index is -3.00. The van der Waals surface area contributed by atoms with Crippen molar-refractivity contribution >= 4 is 5.91 Å². The Hall–Kier alpha value is -1.26. The number of halogens is 3.